The maximum Gasteiger partial charge on any atom is 0.416 e. The molecular weight excluding hydrogens is 605 g/mol. The van der Waals surface area contributed by atoms with Crippen LogP contribution < -0.4 is 10.2 Å². The fourth-order valence-electron chi connectivity index (χ4n) is 5.50. The summed E-state index contributed by atoms with van der Waals surface area (Å²) in [5.74, 6) is 5.46. The summed E-state index contributed by atoms with van der Waals surface area (Å²) in [5.41, 5.74) is 0.680. The van der Waals surface area contributed by atoms with Crippen molar-refractivity contribution in [1.29, 1.82) is 0 Å². The molecule has 0 bridgehead atoms. The predicted molar refractivity (Wildman–Crippen MR) is 165 cm³/mol. The van der Waals surface area contributed by atoms with E-state index >= 15 is 0 Å². The number of carbonyl (C=O) groups is 1. The monoisotopic (exact) mass is 638 g/mol. The van der Waals surface area contributed by atoms with Crippen molar-refractivity contribution in [1.82, 2.24) is 29.4 Å². The van der Waals surface area contributed by atoms with Gasteiger partial charge < -0.3 is 19.9 Å². The molecule has 2 aliphatic rings. The van der Waals surface area contributed by atoms with Gasteiger partial charge in [0.1, 0.15) is 5.69 Å². The Bertz CT molecular complexity index is 1740. The van der Waals surface area contributed by atoms with Crippen LogP contribution in [0.2, 0.25) is 0 Å². The predicted octanol–water partition coefficient (Wildman–Crippen LogP) is 4.22. The minimum Gasteiger partial charge on any atom is -0.372 e. The SMILES string of the molecule is C[C@@H]1CN(c2nn3c(C#Cc4cncc(C(=O)Nc5ccc(CN6CCN(C)CC6)c(C(F)(F)F)c5)c4)cnc3s2)C[C@H](C)O1. The molecule has 2 fully saturated rings. The number of pyridine rings is 1. The molecule has 6 rings (SSSR count). The molecule has 1 N–H and O–H groups in total. The second kappa shape index (κ2) is 12.8. The number of nitrogens with zero attached hydrogens (tertiary/aromatic N) is 7. The van der Waals surface area contributed by atoms with E-state index in [0.29, 0.717) is 29.3 Å². The van der Waals surface area contributed by atoms with Crippen LogP contribution in [-0.2, 0) is 17.5 Å². The van der Waals surface area contributed by atoms with Gasteiger partial charge in [0.05, 0.1) is 29.5 Å². The summed E-state index contributed by atoms with van der Waals surface area (Å²) >= 11 is 1.47. The van der Waals surface area contributed by atoms with Gasteiger partial charge in [-0.3, -0.25) is 14.7 Å². The summed E-state index contributed by atoms with van der Waals surface area (Å²) in [7, 11) is 2.00. The molecule has 0 aliphatic carbocycles. The van der Waals surface area contributed by atoms with E-state index in [-0.39, 0.29) is 35.6 Å². The third-order valence-electron chi connectivity index (χ3n) is 7.76. The van der Waals surface area contributed by atoms with Crippen molar-refractivity contribution >= 4 is 33.0 Å². The summed E-state index contributed by atoms with van der Waals surface area (Å²) in [5, 5.41) is 8.13. The van der Waals surface area contributed by atoms with Crippen molar-refractivity contribution in [3.8, 4) is 11.8 Å². The van der Waals surface area contributed by atoms with Crippen LogP contribution in [0.15, 0.2) is 42.9 Å². The summed E-state index contributed by atoms with van der Waals surface area (Å²) in [6, 6.07) is 5.47. The van der Waals surface area contributed by atoms with Gasteiger partial charge in [-0.1, -0.05) is 23.3 Å². The number of halogens is 3. The quantitative estimate of drug-likeness (QED) is 0.325. The first-order valence-electron chi connectivity index (χ1n) is 14.7. The van der Waals surface area contributed by atoms with Crippen LogP contribution in [0, 0.1) is 11.8 Å². The van der Waals surface area contributed by atoms with Gasteiger partial charge in [-0.15, -0.1) is 5.10 Å². The van der Waals surface area contributed by atoms with E-state index in [4.69, 9.17) is 9.84 Å². The van der Waals surface area contributed by atoms with Gasteiger partial charge in [-0.2, -0.15) is 17.7 Å². The van der Waals surface area contributed by atoms with Gasteiger partial charge in [0.2, 0.25) is 10.1 Å². The Labute approximate surface area is 262 Å². The minimum absolute atomic E-state index is 0.0518. The second-order valence-electron chi connectivity index (χ2n) is 11.5. The van der Waals surface area contributed by atoms with Crippen LogP contribution in [0.4, 0.5) is 24.0 Å². The molecule has 14 heteroatoms. The molecule has 0 radical (unpaired) electrons. The molecule has 4 aromatic rings. The van der Waals surface area contributed by atoms with Crippen LogP contribution in [0.25, 0.3) is 4.96 Å². The van der Waals surface area contributed by atoms with E-state index in [1.807, 2.05) is 25.8 Å². The highest BCUT2D eigenvalue weighted by Gasteiger charge is 2.34. The van der Waals surface area contributed by atoms with Gasteiger partial charge in [-0.25, -0.2) is 4.98 Å². The van der Waals surface area contributed by atoms with E-state index in [0.717, 1.165) is 37.4 Å². The number of hydrogen-bond donors (Lipinski definition) is 1. The molecule has 236 valence electrons. The van der Waals surface area contributed by atoms with Crippen molar-refractivity contribution in [2.75, 3.05) is 56.5 Å². The standard InChI is InChI=1S/C31H33F3N8O2S/c1-20-17-41(18-21(2)44-20)30-38-42-26(16-36-29(42)45-30)7-4-22-12-24(15-35-14-22)28(43)37-25-6-5-23(27(13-25)31(32,33)34)19-40-10-8-39(3)9-11-40/h5-6,12-16,20-21H,8-11,17-19H2,1-3H3,(H,37,43)/t20-,21+. The highest BCUT2D eigenvalue weighted by Crippen LogP contribution is 2.35. The lowest BCUT2D eigenvalue weighted by Gasteiger charge is -2.34. The minimum atomic E-state index is -4.56. The molecule has 2 aliphatic heterocycles. The molecule has 0 unspecified atom stereocenters. The number of ether oxygens (including phenoxy) is 1. The third kappa shape index (κ3) is 7.28. The number of hydrogen-bond acceptors (Lipinski definition) is 9. The van der Waals surface area contributed by atoms with E-state index in [1.54, 1.807) is 16.8 Å². The number of likely N-dealkylation sites (N-methyl/N-ethyl adjacent to an activating group) is 1. The van der Waals surface area contributed by atoms with E-state index in [9.17, 15) is 18.0 Å². The van der Waals surface area contributed by atoms with Crippen LogP contribution >= 0.6 is 11.3 Å². The molecule has 3 aromatic heterocycles. The van der Waals surface area contributed by atoms with Crippen LogP contribution in [0.5, 0.6) is 0 Å². The van der Waals surface area contributed by atoms with Crippen LogP contribution in [0.3, 0.4) is 0 Å². The molecule has 5 heterocycles. The summed E-state index contributed by atoms with van der Waals surface area (Å²) < 4.78 is 49.5. The number of alkyl halides is 3. The Morgan fingerprint density at radius 3 is 2.56 bits per heavy atom. The van der Waals surface area contributed by atoms with Gasteiger partial charge in [0, 0.05) is 69.5 Å². The first-order valence-corrected chi connectivity index (χ1v) is 15.5. The van der Waals surface area contributed by atoms with Crippen molar-refractivity contribution in [3.63, 3.8) is 0 Å². The number of piperazine rings is 1. The number of aromatic nitrogens is 4. The summed E-state index contributed by atoms with van der Waals surface area (Å²) in [6.07, 6.45) is 0.130. The lowest BCUT2D eigenvalue weighted by atomic mass is 10.0. The normalized spacial score (nSPS) is 19.8. The number of fused-ring (bicyclic) bond motifs is 1. The number of anilines is 2. The van der Waals surface area contributed by atoms with E-state index in [2.05, 4.69) is 36.9 Å². The highest BCUT2D eigenvalue weighted by molar-refractivity contribution is 7.20. The number of morpholine rings is 1. The maximum absolute atomic E-state index is 14.0. The molecule has 0 spiro atoms. The van der Waals surface area contributed by atoms with Gasteiger partial charge in [-0.05, 0) is 50.6 Å². The van der Waals surface area contributed by atoms with Gasteiger partial charge in [0.25, 0.3) is 5.91 Å². The molecule has 1 amide bonds. The molecule has 10 nitrogen and oxygen atoms in total. The zero-order valence-electron chi connectivity index (χ0n) is 25.1. The smallest absolute Gasteiger partial charge is 0.372 e. The Morgan fingerprint density at radius 1 is 1.07 bits per heavy atom. The fraction of sp³-hybridized carbons (Fsp3) is 0.419. The van der Waals surface area contributed by atoms with E-state index < -0.39 is 17.6 Å². The molecule has 2 atom stereocenters. The Hall–Kier alpha value is -4.03. The lowest BCUT2D eigenvalue weighted by Crippen LogP contribution is -2.45. The largest absolute Gasteiger partial charge is 0.416 e. The van der Waals surface area contributed by atoms with Gasteiger partial charge in [0.15, 0.2) is 0 Å². The number of nitrogens with one attached hydrogen (secondary N) is 1. The number of imidazole rings is 1. The van der Waals surface area contributed by atoms with Crippen LogP contribution in [0.1, 0.15) is 46.6 Å². The average Bonchev–Trinajstić information content (AvgIpc) is 3.59. The summed E-state index contributed by atoms with van der Waals surface area (Å²) in [4.78, 5) is 28.6. The van der Waals surface area contributed by atoms with Crippen molar-refractivity contribution in [3.05, 3.63) is 70.8 Å². The summed E-state index contributed by atoms with van der Waals surface area (Å²) in [6.45, 7) is 8.74. The zero-order valence-corrected chi connectivity index (χ0v) is 26.0. The van der Waals surface area contributed by atoms with E-state index in [1.165, 1.54) is 35.9 Å². The fourth-order valence-corrected chi connectivity index (χ4v) is 6.40. The number of rotatable bonds is 5. The molecule has 2 saturated heterocycles. The average molecular weight is 639 g/mol. The number of amides is 1. The second-order valence-corrected chi connectivity index (χ2v) is 12.4. The molecule has 0 saturated carbocycles. The van der Waals surface area contributed by atoms with Crippen molar-refractivity contribution < 1.29 is 22.7 Å². The molecular formula is C31H33F3N8O2S. The molecule has 45 heavy (non-hydrogen) atoms. The van der Waals surface area contributed by atoms with Crippen molar-refractivity contribution in [2.24, 2.45) is 0 Å². The topological polar surface area (TPSA) is 91.1 Å². The maximum atomic E-state index is 14.0. The van der Waals surface area contributed by atoms with Gasteiger partial charge >= 0.3 is 6.18 Å². The number of benzene rings is 1. The Balaban J connectivity index is 1.16. The van der Waals surface area contributed by atoms with Crippen molar-refractivity contribution in [2.45, 2.75) is 38.8 Å². The first kappa shape index (κ1) is 31.0. The highest BCUT2D eigenvalue weighted by atomic mass is 32.1. The first-order chi connectivity index (χ1) is 21.5. The number of carbonyl (C=O) groups excluding carboxylic acids is 1. The van der Waals surface area contributed by atoms with Crippen LogP contribution in [-0.4, -0.2) is 93.8 Å². The zero-order chi connectivity index (χ0) is 31.7. The lowest BCUT2D eigenvalue weighted by molar-refractivity contribution is -0.138. The third-order valence-corrected chi connectivity index (χ3v) is 8.75. The Morgan fingerprint density at radius 2 is 1.82 bits per heavy atom. The molecule has 1 aromatic carbocycles. The Kier molecular flexibility index (Phi) is 8.78.